The first-order chi connectivity index (χ1) is 9.36. The van der Waals surface area contributed by atoms with E-state index in [0.717, 1.165) is 30.9 Å². The van der Waals surface area contributed by atoms with Crippen molar-refractivity contribution in [2.24, 2.45) is 5.92 Å². The van der Waals surface area contributed by atoms with Crippen molar-refractivity contribution in [3.8, 4) is 11.6 Å². The van der Waals surface area contributed by atoms with Gasteiger partial charge in [-0.25, -0.2) is 4.98 Å². The number of hydrogen-bond donors (Lipinski definition) is 0. The second-order valence-electron chi connectivity index (χ2n) is 4.71. The standard InChI is InChI=1S/C15H16N2O2/c1-18-15-13(16-6-7-17-15)9-11-8-12-4-2-3-5-14(12)19-10-11/h2-7,11H,8-10H2,1H3. The molecule has 0 N–H and O–H groups in total. The monoisotopic (exact) mass is 256 g/mol. The highest BCUT2D eigenvalue weighted by molar-refractivity contribution is 5.35. The zero-order valence-electron chi connectivity index (χ0n) is 10.9. The number of benzene rings is 1. The van der Waals surface area contributed by atoms with Crippen LogP contribution in [0, 0.1) is 5.92 Å². The first kappa shape index (κ1) is 12.0. The Kier molecular flexibility index (Phi) is 3.31. The van der Waals surface area contributed by atoms with Gasteiger partial charge >= 0.3 is 0 Å². The maximum absolute atomic E-state index is 5.79. The number of aromatic nitrogens is 2. The van der Waals surface area contributed by atoms with Crippen molar-refractivity contribution in [1.82, 2.24) is 9.97 Å². The van der Waals surface area contributed by atoms with E-state index in [-0.39, 0.29) is 0 Å². The summed E-state index contributed by atoms with van der Waals surface area (Å²) in [5.74, 6) is 2.03. The number of fused-ring (bicyclic) bond motifs is 1. The van der Waals surface area contributed by atoms with E-state index in [2.05, 4.69) is 16.0 Å². The lowest BCUT2D eigenvalue weighted by molar-refractivity contribution is 0.219. The van der Waals surface area contributed by atoms with E-state index in [4.69, 9.17) is 9.47 Å². The summed E-state index contributed by atoms with van der Waals surface area (Å²) in [4.78, 5) is 8.54. The van der Waals surface area contributed by atoms with Gasteiger partial charge in [0.15, 0.2) is 0 Å². The molecule has 19 heavy (non-hydrogen) atoms. The van der Waals surface area contributed by atoms with Crippen molar-refractivity contribution >= 4 is 0 Å². The van der Waals surface area contributed by atoms with Crippen molar-refractivity contribution in [1.29, 1.82) is 0 Å². The van der Waals surface area contributed by atoms with Crippen molar-refractivity contribution in [2.45, 2.75) is 12.8 Å². The number of hydrogen-bond acceptors (Lipinski definition) is 4. The summed E-state index contributed by atoms with van der Waals surface area (Å²) in [6, 6.07) is 8.20. The molecular weight excluding hydrogens is 240 g/mol. The normalized spacial score (nSPS) is 17.4. The summed E-state index contributed by atoms with van der Waals surface area (Å²) >= 11 is 0. The molecule has 0 bridgehead atoms. The van der Waals surface area contributed by atoms with Gasteiger partial charge in [-0.2, -0.15) is 0 Å². The van der Waals surface area contributed by atoms with Gasteiger partial charge in [-0.3, -0.25) is 4.98 Å². The van der Waals surface area contributed by atoms with Crippen LogP contribution in [0.1, 0.15) is 11.3 Å². The molecule has 4 nitrogen and oxygen atoms in total. The minimum atomic E-state index is 0.417. The number of nitrogens with zero attached hydrogens (tertiary/aromatic N) is 2. The van der Waals surface area contributed by atoms with E-state index >= 15 is 0 Å². The smallest absolute Gasteiger partial charge is 0.235 e. The molecule has 1 aliphatic heterocycles. The number of methoxy groups -OCH3 is 1. The Balaban J connectivity index is 1.75. The van der Waals surface area contributed by atoms with Gasteiger partial charge in [0, 0.05) is 24.7 Å². The van der Waals surface area contributed by atoms with Gasteiger partial charge in [-0.15, -0.1) is 0 Å². The second kappa shape index (κ2) is 5.26. The molecule has 0 saturated heterocycles. The van der Waals surface area contributed by atoms with Gasteiger partial charge in [-0.05, 0) is 18.1 Å². The van der Waals surface area contributed by atoms with Gasteiger partial charge in [-0.1, -0.05) is 18.2 Å². The van der Waals surface area contributed by atoms with Gasteiger partial charge in [0.1, 0.15) is 11.4 Å². The molecule has 1 aromatic heterocycles. The summed E-state index contributed by atoms with van der Waals surface area (Å²) in [6.07, 6.45) is 5.19. The average molecular weight is 256 g/mol. The minimum Gasteiger partial charge on any atom is -0.493 e. The first-order valence-electron chi connectivity index (χ1n) is 6.41. The zero-order valence-corrected chi connectivity index (χ0v) is 10.9. The number of para-hydroxylation sites is 1. The molecule has 0 amide bonds. The lowest BCUT2D eigenvalue weighted by atomic mass is 9.93. The fourth-order valence-electron chi connectivity index (χ4n) is 2.46. The summed E-state index contributed by atoms with van der Waals surface area (Å²) < 4.78 is 11.0. The van der Waals surface area contributed by atoms with Gasteiger partial charge in [0.25, 0.3) is 0 Å². The fraction of sp³-hybridized carbons (Fsp3) is 0.333. The van der Waals surface area contributed by atoms with Crippen LogP contribution in [0.3, 0.4) is 0 Å². The van der Waals surface area contributed by atoms with Crippen LogP contribution >= 0.6 is 0 Å². The van der Waals surface area contributed by atoms with E-state index in [1.165, 1.54) is 5.56 Å². The Morgan fingerprint density at radius 2 is 2.11 bits per heavy atom. The summed E-state index contributed by atoms with van der Waals surface area (Å²) in [5.41, 5.74) is 2.17. The molecule has 0 radical (unpaired) electrons. The molecule has 4 heteroatoms. The highest BCUT2D eigenvalue weighted by atomic mass is 16.5. The summed E-state index contributed by atoms with van der Waals surface area (Å²) in [5, 5.41) is 0. The Morgan fingerprint density at radius 3 is 3.00 bits per heavy atom. The lowest BCUT2D eigenvalue weighted by Gasteiger charge is -2.25. The SMILES string of the molecule is COc1nccnc1CC1COc2ccccc2C1. The van der Waals surface area contributed by atoms with Crippen LogP contribution in [0.4, 0.5) is 0 Å². The van der Waals surface area contributed by atoms with Crippen LogP contribution < -0.4 is 9.47 Å². The van der Waals surface area contributed by atoms with Crippen molar-refractivity contribution in [2.75, 3.05) is 13.7 Å². The van der Waals surface area contributed by atoms with Crippen LogP contribution in [0.25, 0.3) is 0 Å². The minimum absolute atomic E-state index is 0.417. The zero-order chi connectivity index (χ0) is 13.1. The third kappa shape index (κ3) is 2.52. The molecule has 3 rings (SSSR count). The molecule has 1 aromatic carbocycles. The van der Waals surface area contributed by atoms with E-state index in [0.29, 0.717) is 11.8 Å². The molecular formula is C15H16N2O2. The highest BCUT2D eigenvalue weighted by Crippen LogP contribution is 2.29. The third-order valence-corrected chi connectivity index (χ3v) is 3.37. The van der Waals surface area contributed by atoms with Crippen LogP contribution in [-0.4, -0.2) is 23.7 Å². The average Bonchev–Trinajstić information content (AvgIpc) is 2.48. The molecule has 2 aromatic rings. The van der Waals surface area contributed by atoms with Gasteiger partial charge < -0.3 is 9.47 Å². The topological polar surface area (TPSA) is 44.2 Å². The quantitative estimate of drug-likeness (QED) is 0.845. The Hall–Kier alpha value is -2.10. The van der Waals surface area contributed by atoms with E-state index in [1.54, 1.807) is 19.5 Å². The largest absolute Gasteiger partial charge is 0.493 e. The van der Waals surface area contributed by atoms with Crippen LogP contribution in [0.5, 0.6) is 11.6 Å². The molecule has 0 saturated carbocycles. The van der Waals surface area contributed by atoms with Gasteiger partial charge in [0.05, 0.1) is 13.7 Å². The molecule has 0 aliphatic carbocycles. The van der Waals surface area contributed by atoms with Crippen molar-refractivity contribution in [3.63, 3.8) is 0 Å². The Morgan fingerprint density at radius 1 is 1.26 bits per heavy atom. The summed E-state index contributed by atoms with van der Waals surface area (Å²) in [6.45, 7) is 0.719. The van der Waals surface area contributed by atoms with Crippen molar-refractivity contribution < 1.29 is 9.47 Å². The van der Waals surface area contributed by atoms with Crippen LogP contribution in [0.2, 0.25) is 0 Å². The summed E-state index contributed by atoms with van der Waals surface area (Å²) in [7, 11) is 1.63. The maximum atomic E-state index is 5.79. The Bertz CT molecular complexity index is 572. The van der Waals surface area contributed by atoms with E-state index in [1.807, 2.05) is 18.2 Å². The molecule has 1 aliphatic rings. The molecule has 0 fully saturated rings. The molecule has 0 spiro atoms. The predicted molar refractivity (Wildman–Crippen MR) is 71.4 cm³/mol. The molecule has 1 unspecified atom stereocenters. The molecule has 1 atom stereocenters. The first-order valence-corrected chi connectivity index (χ1v) is 6.41. The van der Waals surface area contributed by atoms with Crippen molar-refractivity contribution in [3.05, 3.63) is 47.9 Å². The van der Waals surface area contributed by atoms with Gasteiger partial charge in [0.2, 0.25) is 5.88 Å². The third-order valence-electron chi connectivity index (χ3n) is 3.37. The molecule has 98 valence electrons. The number of rotatable bonds is 3. The van der Waals surface area contributed by atoms with Crippen LogP contribution in [-0.2, 0) is 12.8 Å². The highest BCUT2D eigenvalue weighted by Gasteiger charge is 2.21. The van der Waals surface area contributed by atoms with E-state index < -0.39 is 0 Å². The lowest BCUT2D eigenvalue weighted by Crippen LogP contribution is -2.23. The maximum Gasteiger partial charge on any atom is 0.235 e. The van der Waals surface area contributed by atoms with E-state index in [9.17, 15) is 0 Å². The van der Waals surface area contributed by atoms with Crippen LogP contribution in [0.15, 0.2) is 36.7 Å². The Labute approximate surface area is 112 Å². The fourth-order valence-corrected chi connectivity index (χ4v) is 2.46. The predicted octanol–water partition coefficient (Wildman–Crippen LogP) is 2.28. The number of ether oxygens (including phenoxy) is 2. The molecule has 2 heterocycles. The second-order valence-corrected chi connectivity index (χ2v) is 4.71.